The number of carbonyl (C=O) groups is 3. The summed E-state index contributed by atoms with van der Waals surface area (Å²) < 4.78 is 62.0. The zero-order chi connectivity index (χ0) is 41.4. The minimum absolute atomic E-state index is 0.0275. The molecule has 0 spiro atoms. The molecule has 1 fully saturated rings. The molecule has 1 saturated heterocycles. The van der Waals surface area contributed by atoms with E-state index in [4.69, 9.17) is 19.5 Å². The molecule has 1 aliphatic rings. The van der Waals surface area contributed by atoms with Gasteiger partial charge in [-0.05, 0) is 6.92 Å². The van der Waals surface area contributed by atoms with Crippen LogP contribution < -0.4 is 16.4 Å². The molecule has 55 heavy (non-hydrogen) atoms. The van der Waals surface area contributed by atoms with Crippen LogP contribution >= 0.6 is 35.2 Å². The fourth-order valence-electron chi connectivity index (χ4n) is 4.81. The highest BCUT2D eigenvalue weighted by molar-refractivity contribution is 7.99. The van der Waals surface area contributed by atoms with E-state index in [1.165, 1.54) is 32.5 Å². The maximum Gasteiger partial charge on any atom is 0.481 e. The van der Waals surface area contributed by atoms with E-state index in [9.17, 15) is 63.0 Å². The van der Waals surface area contributed by atoms with Gasteiger partial charge in [0.1, 0.15) is 42.0 Å². The van der Waals surface area contributed by atoms with E-state index in [1.807, 2.05) is 0 Å². The monoisotopic (exact) mass is 867 g/mol. The molecule has 0 aliphatic carbocycles. The Balaban J connectivity index is 1.49. The zero-order valence-corrected chi connectivity index (χ0v) is 33.0. The molecule has 0 aromatic carbocycles. The number of nitrogen functional groups attached to an aromatic ring is 1. The van der Waals surface area contributed by atoms with Crippen LogP contribution in [0.5, 0.6) is 0 Å². The molecule has 3 heterocycles. The van der Waals surface area contributed by atoms with Gasteiger partial charge in [0.2, 0.25) is 11.8 Å². The second kappa shape index (κ2) is 19.8. The van der Waals surface area contributed by atoms with Gasteiger partial charge < -0.3 is 56.0 Å². The van der Waals surface area contributed by atoms with E-state index in [-0.39, 0.29) is 48.7 Å². The van der Waals surface area contributed by atoms with Gasteiger partial charge in [0.05, 0.1) is 25.6 Å². The predicted octanol–water partition coefficient (Wildman–Crippen LogP) is -1.52. The number of anilines is 1. The van der Waals surface area contributed by atoms with Crippen LogP contribution in [0.1, 0.15) is 39.8 Å². The number of amides is 2. The number of nitrogens with zero attached hydrogens (tertiary/aromatic N) is 4. The molecule has 3 rings (SSSR count). The summed E-state index contributed by atoms with van der Waals surface area (Å²) in [7, 11) is -16.4. The lowest BCUT2D eigenvalue weighted by Gasteiger charge is -2.30. The number of rotatable bonds is 23. The minimum Gasteiger partial charge on any atom is -0.392 e. The number of hydrogen-bond donors (Lipinski definition) is 10. The number of Topliss-reactive ketones (excluding diaryl/α,β-unsaturated/α-hetero) is 1. The highest BCUT2D eigenvalue weighted by Gasteiger charge is 2.50. The van der Waals surface area contributed by atoms with E-state index in [2.05, 4.69) is 34.4 Å². The van der Waals surface area contributed by atoms with Crippen LogP contribution in [-0.4, -0.2) is 140 Å². The summed E-state index contributed by atoms with van der Waals surface area (Å²) in [5.41, 5.74) is 4.25. The van der Waals surface area contributed by atoms with Crippen molar-refractivity contribution in [3.8, 4) is 0 Å². The summed E-state index contributed by atoms with van der Waals surface area (Å²) in [6.07, 6.45) is -7.67. The van der Waals surface area contributed by atoms with E-state index >= 15 is 0 Å². The maximum atomic E-state index is 12.7. The van der Waals surface area contributed by atoms with Gasteiger partial charge in [0.15, 0.2) is 17.7 Å². The number of fused-ring (bicyclic) bond motifs is 1. The van der Waals surface area contributed by atoms with Crippen LogP contribution in [0.3, 0.4) is 0 Å². The quantitative estimate of drug-likeness (QED) is 0.0448. The normalized spacial score (nSPS) is 22.4. The fraction of sp³-hybridized carbons (Fsp3) is 0.692. The summed E-state index contributed by atoms with van der Waals surface area (Å²) in [4.78, 5) is 86.4. The summed E-state index contributed by atoms with van der Waals surface area (Å²) in [5.74, 6) is -0.817. The molecule has 3 unspecified atom stereocenters. The van der Waals surface area contributed by atoms with Crippen LogP contribution in [0.4, 0.5) is 5.82 Å². The lowest BCUT2D eigenvalue weighted by Crippen LogP contribution is -2.46. The van der Waals surface area contributed by atoms with Gasteiger partial charge in [0.25, 0.3) is 0 Å². The Morgan fingerprint density at radius 1 is 1.05 bits per heavy atom. The van der Waals surface area contributed by atoms with Crippen molar-refractivity contribution in [3.63, 3.8) is 0 Å². The first kappa shape index (κ1) is 46.9. The standard InChI is InChI=1S/C26H44N7O18P3S/c1-14(34)8-15(35)10-55-7-6-28-17(36)4-5-29-24(39)21(38)26(2,3)11-48-54(45,46)51-53(43,44)47-9-16-20(50-52(40,41)42)19(37)25(49-16)33-13-32-18-22(27)30-12-31-23(18)33/h12-13,15-16,19-21,25,35,37-38H,4-11H2,1-3H3,(H,28,36)(H,29,39)(H,43,44)(H,45,46)(H2,27,30,31)(H2,40,41,42)/t15?,16-,19-,20-,21+,25-/m1/s1. The van der Waals surface area contributed by atoms with Crippen LogP contribution in [0.2, 0.25) is 0 Å². The molecule has 25 nitrogen and oxygen atoms in total. The largest absolute Gasteiger partial charge is 0.481 e. The van der Waals surface area contributed by atoms with Crippen LogP contribution in [0, 0.1) is 5.41 Å². The van der Waals surface area contributed by atoms with E-state index in [0.717, 1.165) is 17.2 Å². The zero-order valence-electron chi connectivity index (χ0n) is 29.5. The van der Waals surface area contributed by atoms with Crippen molar-refractivity contribution < 1.29 is 85.6 Å². The first-order valence-electron chi connectivity index (χ1n) is 16.1. The maximum absolute atomic E-state index is 12.7. The van der Waals surface area contributed by atoms with Crippen LogP contribution in [-0.2, 0) is 50.7 Å². The highest BCUT2D eigenvalue weighted by atomic mass is 32.2. The van der Waals surface area contributed by atoms with E-state index in [1.54, 1.807) is 0 Å². The highest BCUT2D eigenvalue weighted by Crippen LogP contribution is 2.61. The van der Waals surface area contributed by atoms with Gasteiger partial charge in [-0.2, -0.15) is 16.1 Å². The van der Waals surface area contributed by atoms with Crippen LogP contribution in [0.25, 0.3) is 11.2 Å². The van der Waals surface area contributed by atoms with Gasteiger partial charge in [-0.1, -0.05) is 13.8 Å². The average molecular weight is 868 g/mol. The minimum atomic E-state index is -5.57. The molecule has 2 amide bonds. The number of phosphoric acid groups is 3. The van der Waals surface area contributed by atoms with Gasteiger partial charge in [0, 0.05) is 42.9 Å². The molecule has 0 saturated carbocycles. The number of ketones is 1. The molecular weight excluding hydrogens is 823 g/mol. The Morgan fingerprint density at radius 3 is 2.38 bits per heavy atom. The number of thioether (sulfide) groups is 1. The van der Waals surface area contributed by atoms with Crippen molar-refractivity contribution in [1.82, 2.24) is 30.2 Å². The number of nitrogens with one attached hydrogen (secondary N) is 2. The van der Waals surface area contributed by atoms with E-state index in [0.29, 0.717) is 11.5 Å². The summed E-state index contributed by atoms with van der Waals surface area (Å²) in [5, 5.41) is 36.0. The van der Waals surface area contributed by atoms with Gasteiger partial charge in [-0.3, -0.25) is 32.5 Å². The third kappa shape index (κ3) is 14.8. The molecule has 11 N–H and O–H groups in total. The van der Waals surface area contributed by atoms with Gasteiger partial charge in [-0.15, -0.1) is 0 Å². The van der Waals surface area contributed by atoms with Crippen molar-refractivity contribution >= 4 is 69.8 Å². The number of nitrogens with two attached hydrogens (primary N) is 1. The third-order valence-electron chi connectivity index (χ3n) is 7.48. The second-order valence-electron chi connectivity index (χ2n) is 12.7. The lowest BCUT2D eigenvalue weighted by atomic mass is 9.87. The Hall–Kier alpha value is -2.48. The van der Waals surface area contributed by atoms with Crippen LogP contribution in [0.15, 0.2) is 12.7 Å². The Bertz CT molecular complexity index is 1800. The van der Waals surface area contributed by atoms with Crippen molar-refractivity contribution in [2.45, 2.75) is 70.4 Å². The number of aliphatic hydroxyl groups excluding tert-OH is 3. The first-order chi connectivity index (χ1) is 25.4. The number of ether oxygens (including phenoxy) is 1. The molecular formula is C26H44N7O18P3S. The number of hydrogen-bond acceptors (Lipinski definition) is 19. The number of imidazole rings is 1. The Labute approximate surface area is 317 Å². The SMILES string of the molecule is CC(=O)CC(O)CSCCNC(=O)CCNC(=O)[C@H](O)C(C)(C)COP(=O)(O)OP(=O)(O)OC[C@H]1O[C@@H](n2cnc3c(N)ncnc32)[C@H](O)[C@@H]1OP(=O)(O)O. The number of carbonyl (C=O) groups excluding carboxylic acids is 3. The number of aromatic nitrogens is 4. The molecule has 1 aliphatic heterocycles. The molecule has 312 valence electrons. The second-order valence-corrected chi connectivity index (χ2v) is 18.1. The van der Waals surface area contributed by atoms with Crippen molar-refractivity contribution in [3.05, 3.63) is 12.7 Å². The molecule has 2 aromatic heterocycles. The van der Waals surface area contributed by atoms with Crippen molar-refractivity contribution in [2.24, 2.45) is 5.41 Å². The van der Waals surface area contributed by atoms with E-state index < -0.39 is 90.7 Å². The molecule has 0 radical (unpaired) electrons. The average Bonchev–Trinajstić information content (AvgIpc) is 3.62. The third-order valence-corrected chi connectivity index (χ3v) is 11.7. The molecule has 8 atom stereocenters. The lowest BCUT2D eigenvalue weighted by molar-refractivity contribution is -0.137. The summed E-state index contributed by atoms with van der Waals surface area (Å²) in [6.45, 7) is 1.89. The van der Waals surface area contributed by atoms with Gasteiger partial charge >= 0.3 is 23.5 Å². The number of phosphoric ester groups is 3. The Morgan fingerprint density at radius 2 is 1.73 bits per heavy atom. The van der Waals surface area contributed by atoms with Gasteiger partial charge in [-0.25, -0.2) is 28.6 Å². The Kier molecular flexibility index (Phi) is 16.9. The fourth-order valence-corrected chi connectivity index (χ4v) is 8.44. The molecule has 0 bridgehead atoms. The first-order valence-corrected chi connectivity index (χ1v) is 21.7. The summed E-state index contributed by atoms with van der Waals surface area (Å²) >= 11 is 1.33. The topological polar surface area (TPSA) is 384 Å². The molecule has 2 aromatic rings. The summed E-state index contributed by atoms with van der Waals surface area (Å²) in [6, 6.07) is 0. The van der Waals surface area contributed by atoms with Crippen molar-refractivity contribution in [1.29, 1.82) is 0 Å². The van der Waals surface area contributed by atoms with Crippen molar-refractivity contribution in [2.75, 3.05) is 43.5 Å². The predicted molar refractivity (Wildman–Crippen MR) is 188 cm³/mol. The molecule has 29 heteroatoms. The smallest absolute Gasteiger partial charge is 0.392 e. The number of aliphatic hydroxyl groups is 3.